The standard InChI is InChI=1S/C21H19N5O3/c1-14-19(21(28)26(25(14)2)16-7-5-4-6-8-16)20(27)18(13-22)24-23-15-9-11-17(29-3)12-10-15/h4-12,23H,1-3H3/b24-18+. The molecule has 0 unspecified atom stereocenters. The lowest BCUT2D eigenvalue weighted by molar-refractivity contribution is 0.106. The second-order valence-corrected chi connectivity index (χ2v) is 6.18. The third-order valence-corrected chi connectivity index (χ3v) is 4.49. The number of para-hydroxylation sites is 1. The van der Waals surface area contributed by atoms with E-state index in [2.05, 4.69) is 10.5 Å². The third kappa shape index (κ3) is 3.80. The smallest absolute Gasteiger partial charge is 0.283 e. The van der Waals surface area contributed by atoms with Gasteiger partial charge in [0.1, 0.15) is 17.4 Å². The molecule has 0 atom stereocenters. The quantitative estimate of drug-likeness (QED) is 0.397. The van der Waals surface area contributed by atoms with Gasteiger partial charge in [-0.1, -0.05) is 18.2 Å². The van der Waals surface area contributed by atoms with Gasteiger partial charge in [0, 0.05) is 12.7 Å². The Labute approximate surface area is 167 Å². The van der Waals surface area contributed by atoms with E-state index >= 15 is 0 Å². The zero-order chi connectivity index (χ0) is 21.0. The largest absolute Gasteiger partial charge is 0.497 e. The van der Waals surface area contributed by atoms with Crippen LogP contribution >= 0.6 is 0 Å². The molecule has 0 fully saturated rings. The van der Waals surface area contributed by atoms with Crippen LogP contribution < -0.4 is 15.7 Å². The molecule has 0 bridgehead atoms. The number of Topliss-reactive ketones (excluding diaryl/α,β-unsaturated/α-hetero) is 1. The first-order valence-corrected chi connectivity index (χ1v) is 8.74. The van der Waals surface area contributed by atoms with Crippen LogP contribution in [0, 0.1) is 18.3 Å². The summed E-state index contributed by atoms with van der Waals surface area (Å²) in [4.78, 5) is 25.8. The Morgan fingerprint density at radius 2 is 1.79 bits per heavy atom. The maximum Gasteiger partial charge on any atom is 0.283 e. The zero-order valence-corrected chi connectivity index (χ0v) is 16.2. The summed E-state index contributed by atoms with van der Waals surface area (Å²) in [5.41, 5.74) is 3.28. The van der Waals surface area contributed by atoms with Gasteiger partial charge in [0.25, 0.3) is 5.56 Å². The molecule has 0 radical (unpaired) electrons. The van der Waals surface area contributed by atoms with E-state index in [1.165, 1.54) is 4.68 Å². The average molecular weight is 389 g/mol. The highest BCUT2D eigenvalue weighted by molar-refractivity contribution is 6.51. The van der Waals surface area contributed by atoms with E-state index in [-0.39, 0.29) is 5.56 Å². The van der Waals surface area contributed by atoms with E-state index in [1.54, 1.807) is 80.4 Å². The van der Waals surface area contributed by atoms with Crippen LogP contribution in [-0.4, -0.2) is 28.0 Å². The minimum absolute atomic E-state index is 0.0896. The van der Waals surface area contributed by atoms with E-state index in [1.807, 2.05) is 6.07 Å². The van der Waals surface area contributed by atoms with Gasteiger partial charge in [0.15, 0.2) is 0 Å². The Balaban J connectivity index is 1.96. The summed E-state index contributed by atoms with van der Waals surface area (Å²) >= 11 is 0. The number of carbonyl (C=O) groups excluding carboxylic acids is 1. The van der Waals surface area contributed by atoms with Crippen molar-refractivity contribution in [1.82, 2.24) is 9.36 Å². The minimum Gasteiger partial charge on any atom is -0.497 e. The number of benzene rings is 2. The van der Waals surface area contributed by atoms with Crippen LogP contribution in [0.5, 0.6) is 5.75 Å². The number of carbonyl (C=O) groups is 1. The number of methoxy groups -OCH3 is 1. The molecule has 0 aliphatic rings. The lowest BCUT2D eigenvalue weighted by Crippen LogP contribution is -2.25. The third-order valence-electron chi connectivity index (χ3n) is 4.49. The molecule has 1 aromatic heterocycles. The van der Waals surface area contributed by atoms with Crippen LogP contribution in [0.25, 0.3) is 5.69 Å². The van der Waals surface area contributed by atoms with Gasteiger partial charge in [0.2, 0.25) is 11.5 Å². The number of anilines is 1. The number of hydrogen-bond donors (Lipinski definition) is 1. The first-order valence-electron chi connectivity index (χ1n) is 8.74. The molecule has 1 heterocycles. The number of hydrazone groups is 1. The topological polar surface area (TPSA) is 101 Å². The first-order chi connectivity index (χ1) is 14.0. The summed E-state index contributed by atoms with van der Waals surface area (Å²) in [6.45, 7) is 1.65. The Hall–Kier alpha value is -4.12. The Bertz CT molecular complexity index is 1170. The summed E-state index contributed by atoms with van der Waals surface area (Å²) in [6, 6.07) is 17.5. The van der Waals surface area contributed by atoms with Gasteiger partial charge in [-0.05, 0) is 43.3 Å². The molecule has 1 N–H and O–H groups in total. The Morgan fingerprint density at radius 1 is 1.14 bits per heavy atom. The van der Waals surface area contributed by atoms with Crippen molar-refractivity contribution in [2.45, 2.75) is 6.92 Å². The fourth-order valence-electron chi connectivity index (χ4n) is 2.86. The number of ketones is 1. The number of nitrogens with zero attached hydrogens (tertiary/aromatic N) is 4. The molecule has 8 heteroatoms. The van der Waals surface area contributed by atoms with Crippen molar-refractivity contribution in [3.63, 3.8) is 0 Å². The van der Waals surface area contributed by atoms with Crippen molar-refractivity contribution >= 4 is 17.2 Å². The molecule has 2 aromatic carbocycles. The van der Waals surface area contributed by atoms with Crippen molar-refractivity contribution < 1.29 is 9.53 Å². The van der Waals surface area contributed by atoms with Crippen molar-refractivity contribution in [3.8, 4) is 17.5 Å². The van der Waals surface area contributed by atoms with E-state index in [0.717, 1.165) is 0 Å². The number of nitrogens with one attached hydrogen (secondary N) is 1. The van der Waals surface area contributed by atoms with Crippen LogP contribution in [0.15, 0.2) is 64.5 Å². The number of hydrogen-bond acceptors (Lipinski definition) is 6. The second kappa shape index (κ2) is 8.27. The number of nitriles is 1. The molecule has 146 valence electrons. The Morgan fingerprint density at radius 3 is 2.38 bits per heavy atom. The normalized spacial score (nSPS) is 11.0. The summed E-state index contributed by atoms with van der Waals surface area (Å²) in [7, 11) is 3.23. The predicted octanol–water partition coefficient (Wildman–Crippen LogP) is 2.67. The van der Waals surface area contributed by atoms with Gasteiger partial charge in [-0.25, -0.2) is 4.68 Å². The highest BCUT2D eigenvalue weighted by Gasteiger charge is 2.26. The van der Waals surface area contributed by atoms with E-state index < -0.39 is 17.1 Å². The lowest BCUT2D eigenvalue weighted by atomic mass is 10.1. The highest BCUT2D eigenvalue weighted by atomic mass is 16.5. The molecular formula is C21H19N5O3. The molecule has 0 amide bonds. The summed E-state index contributed by atoms with van der Waals surface area (Å²) in [6.07, 6.45) is 0. The number of aromatic nitrogens is 2. The molecule has 3 rings (SSSR count). The molecule has 0 saturated heterocycles. The minimum atomic E-state index is -0.735. The van der Waals surface area contributed by atoms with Crippen molar-refractivity contribution in [2.75, 3.05) is 12.5 Å². The van der Waals surface area contributed by atoms with E-state index in [4.69, 9.17) is 4.74 Å². The fraction of sp³-hybridized carbons (Fsp3) is 0.143. The summed E-state index contributed by atoms with van der Waals surface area (Å²) < 4.78 is 8.04. The molecular weight excluding hydrogens is 370 g/mol. The molecule has 0 saturated carbocycles. The molecule has 0 spiro atoms. The van der Waals surface area contributed by atoms with Crippen LogP contribution in [0.2, 0.25) is 0 Å². The van der Waals surface area contributed by atoms with Crippen LogP contribution in [-0.2, 0) is 7.05 Å². The fourth-order valence-corrected chi connectivity index (χ4v) is 2.86. The van der Waals surface area contributed by atoms with Gasteiger partial charge in [-0.2, -0.15) is 10.4 Å². The lowest BCUT2D eigenvalue weighted by Gasteiger charge is -2.07. The second-order valence-electron chi connectivity index (χ2n) is 6.18. The van der Waals surface area contributed by atoms with Gasteiger partial charge >= 0.3 is 0 Å². The van der Waals surface area contributed by atoms with E-state index in [0.29, 0.717) is 22.8 Å². The monoisotopic (exact) mass is 389 g/mol. The van der Waals surface area contributed by atoms with Crippen LogP contribution in [0.4, 0.5) is 5.69 Å². The van der Waals surface area contributed by atoms with Crippen LogP contribution in [0.1, 0.15) is 16.1 Å². The van der Waals surface area contributed by atoms with Gasteiger partial charge in [-0.3, -0.25) is 19.7 Å². The molecule has 0 aliphatic heterocycles. The van der Waals surface area contributed by atoms with E-state index in [9.17, 15) is 14.9 Å². The maximum atomic E-state index is 12.9. The maximum absolute atomic E-state index is 12.9. The number of rotatable bonds is 6. The summed E-state index contributed by atoms with van der Waals surface area (Å²) in [5, 5.41) is 13.3. The van der Waals surface area contributed by atoms with Crippen molar-refractivity contribution in [1.29, 1.82) is 5.26 Å². The van der Waals surface area contributed by atoms with Crippen molar-refractivity contribution in [3.05, 3.63) is 76.2 Å². The average Bonchev–Trinajstić information content (AvgIpc) is 2.97. The van der Waals surface area contributed by atoms with Crippen molar-refractivity contribution in [2.24, 2.45) is 12.1 Å². The molecule has 8 nitrogen and oxygen atoms in total. The Kier molecular flexibility index (Phi) is 5.60. The zero-order valence-electron chi connectivity index (χ0n) is 16.2. The van der Waals surface area contributed by atoms with Gasteiger partial charge in [-0.15, -0.1) is 0 Å². The predicted molar refractivity (Wildman–Crippen MR) is 110 cm³/mol. The number of ether oxygens (including phenoxy) is 1. The first kappa shape index (κ1) is 19.6. The molecule has 0 aliphatic carbocycles. The SMILES string of the molecule is COc1ccc(N/N=C(\C#N)C(=O)c2c(C)n(C)n(-c3ccccc3)c2=O)cc1. The van der Waals surface area contributed by atoms with Gasteiger partial charge in [0.05, 0.1) is 18.5 Å². The van der Waals surface area contributed by atoms with Gasteiger partial charge < -0.3 is 4.74 Å². The molecule has 3 aromatic rings. The highest BCUT2D eigenvalue weighted by Crippen LogP contribution is 2.15. The molecule has 29 heavy (non-hydrogen) atoms. The van der Waals surface area contributed by atoms with Crippen LogP contribution in [0.3, 0.4) is 0 Å². The summed E-state index contributed by atoms with van der Waals surface area (Å²) in [5.74, 6) is -0.0706.